The van der Waals surface area contributed by atoms with Crippen LogP contribution in [0, 0.1) is 6.92 Å². The molecule has 92 valence electrons. The molecule has 0 saturated heterocycles. The first kappa shape index (κ1) is 13.0. The van der Waals surface area contributed by atoms with E-state index in [2.05, 4.69) is 5.10 Å². The molecule has 0 fully saturated rings. The predicted molar refractivity (Wildman–Crippen MR) is 51.9 cm³/mol. The third-order valence-electron chi connectivity index (χ3n) is 2.20. The predicted octanol–water partition coefficient (Wildman–Crippen LogP) is 3.82. The lowest BCUT2D eigenvalue weighted by Crippen LogP contribution is -2.26. The molecule has 16 heavy (non-hydrogen) atoms. The maximum Gasteiger partial charge on any atom is 0.280 e. The van der Waals surface area contributed by atoms with E-state index in [-0.39, 0.29) is 5.69 Å². The summed E-state index contributed by atoms with van der Waals surface area (Å²) in [4.78, 5) is 0. The van der Waals surface area contributed by atoms with E-state index >= 15 is 0 Å². The van der Waals surface area contributed by atoms with Gasteiger partial charge in [-0.15, -0.1) is 0 Å². The first-order chi connectivity index (χ1) is 7.16. The maximum atomic E-state index is 12.8. The molecule has 2 nitrogen and oxygen atoms in total. The highest BCUT2D eigenvalue weighted by molar-refractivity contribution is 5.28. The molecule has 0 N–H and O–H groups in total. The van der Waals surface area contributed by atoms with Crippen molar-refractivity contribution in [2.45, 2.75) is 46.1 Å². The molecule has 0 radical (unpaired) electrons. The van der Waals surface area contributed by atoms with Gasteiger partial charge in [-0.1, -0.05) is 0 Å². The largest absolute Gasteiger partial charge is 0.280 e. The normalized spacial score (nSPS) is 12.9. The summed E-state index contributed by atoms with van der Waals surface area (Å²) in [6, 6.07) is 0. The fraction of sp³-hybridized carbons (Fsp3) is 0.700. The zero-order valence-corrected chi connectivity index (χ0v) is 9.56. The lowest BCUT2D eigenvalue weighted by molar-refractivity contribution is 0.111. The van der Waals surface area contributed by atoms with Crippen molar-refractivity contribution in [3.05, 3.63) is 17.0 Å². The number of hydrogen-bond donors (Lipinski definition) is 0. The van der Waals surface area contributed by atoms with Crippen LogP contribution < -0.4 is 0 Å². The van der Waals surface area contributed by atoms with Crippen LogP contribution in [0.5, 0.6) is 0 Å². The van der Waals surface area contributed by atoms with E-state index in [0.717, 1.165) is 4.68 Å². The van der Waals surface area contributed by atoms with Gasteiger partial charge in [0.2, 0.25) is 0 Å². The van der Waals surface area contributed by atoms with Gasteiger partial charge >= 0.3 is 0 Å². The van der Waals surface area contributed by atoms with Crippen LogP contribution >= 0.6 is 0 Å². The van der Waals surface area contributed by atoms with Gasteiger partial charge in [0.15, 0.2) is 0 Å². The first-order valence-electron chi connectivity index (χ1n) is 4.82. The topological polar surface area (TPSA) is 17.8 Å². The van der Waals surface area contributed by atoms with Crippen molar-refractivity contribution < 1.29 is 17.6 Å². The Bertz CT molecular complexity index is 377. The van der Waals surface area contributed by atoms with Gasteiger partial charge in [0.25, 0.3) is 12.9 Å². The molecular formula is C10H14F4N2. The van der Waals surface area contributed by atoms with Crippen molar-refractivity contribution in [1.82, 2.24) is 9.78 Å². The summed E-state index contributed by atoms with van der Waals surface area (Å²) in [5.41, 5.74) is -2.12. The molecule has 1 heterocycles. The third-order valence-corrected chi connectivity index (χ3v) is 2.20. The minimum absolute atomic E-state index is 0.0415. The molecule has 1 rings (SSSR count). The van der Waals surface area contributed by atoms with Crippen LogP contribution in [0.3, 0.4) is 0 Å². The number of rotatable bonds is 2. The van der Waals surface area contributed by atoms with Crippen LogP contribution in [0.15, 0.2) is 0 Å². The van der Waals surface area contributed by atoms with Gasteiger partial charge in [0, 0.05) is 0 Å². The van der Waals surface area contributed by atoms with E-state index in [4.69, 9.17) is 0 Å². The SMILES string of the molecule is Cc1nn(C(C)(C)C)c(C(F)F)c1C(F)F. The maximum absolute atomic E-state index is 12.8. The van der Waals surface area contributed by atoms with Gasteiger partial charge in [-0.2, -0.15) is 5.10 Å². The average molecular weight is 238 g/mol. The molecule has 0 amide bonds. The average Bonchev–Trinajstić information content (AvgIpc) is 2.41. The van der Waals surface area contributed by atoms with Crippen LogP contribution in [0.25, 0.3) is 0 Å². The van der Waals surface area contributed by atoms with Crippen LogP contribution in [0.1, 0.15) is 50.6 Å². The zero-order chi connectivity index (χ0) is 12.7. The van der Waals surface area contributed by atoms with Gasteiger partial charge < -0.3 is 0 Å². The van der Waals surface area contributed by atoms with Crippen LogP contribution in [-0.2, 0) is 5.54 Å². The van der Waals surface area contributed by atoms with Crippen LogP contribution in [0.4, 0.5) is 17.6 Å². The smallest absolute Gasteiger partial charge is 0.258 e. The molecule has 0 unspecified atom stereocenters. The molecule has 0 saturated carbocycles. The standard InChI is InChI=1S/C10H14F4N2/c1-5-6(8(11)12)7(9(13)14)16(15-5)10(2,3)4/h8-9H,1-4H3. The molecule has 6 heteroatoms. The summed E-state index contributed by atoms with van der Waals surface area (Å²) < 4.78 is 51.9. The van der Waals surface area contributed by atoms with E-state index in [1.165, 1.54) is 6.92 Å². The van der Waals surface area contributed by atoms with Crippen molar-refractivity contribution >= 4 is 0 Å². The van der Waals surface area contributed by atoms with Crippen LogP contribution in [-0.4, -0.2) is 9.78 Å². The molecule has 1 aromatic rings. The van der Waals surface area contributed by atoms with Crippen molar-refractivity contribution in [3.8, 4) is 0 Å². The number of hydrogen-bond acceptors (Lipinski definition) is 1. The van der Waals surface area contributed by atoms with E-state index in [9.17, 15) is 17.6 Å². The second kappa shape index (κ2) is 4.07. The Kier molecular flexibility index (Phi) is 3.30. The number of halogens is 4. The van der Waals surface area contributed by atoms with E-state index in [0.29, 0.717) is 0 Å². The molecule has 0 spiro atoms. The Morgan fingerprint density at radius 2 is 1.56 bits per heavy atom. The van der Waals surface area contributed by atoms with Crippen molar-refractivity contribution in [2.24, 2.45) is 0 Å². The van der Waals surface area contributed by atoms with Crippen molar-refractivity contribution in [1.29, 1.82) is 0 Å². The van der Waals surface area contributed by atoms with Crippen molar-refractivity contribution in [3.63, 3.8) is 0 Å². The highest BCUT2D eigenvalue weighted by Crippen LogP contribution is 2.35. The molecule has 0 aliphatic rings. The summed E-state index contributed by atoms with van der Waals surface area (Å²) in [6.45, 7) is 6.23. The van der Waals surface area contributed by atoms with Gasteiger partial charge in [-0.05, 0) is 27.7 Å². The molecule has 1 aromatic heterocycles. The Labute approximate surface area is 91.3 Å². The molecule has 0 aliphatic carbocycles. The number of aromatic nitrogens is 2. The van der Waals surface area contributed by atoms with Gasteiger partial charge in [0.1, 0.15) is 5.69 Å². The first-order valence-corrected chi connectivity index (χ1v) is 4.82. The Hall–Kier alpha value is -1.07. The second-order valence-electron chi connectivity index (χ2n) is 4.57. The molecule has 0 aliphatic heterocycles. The fourth-order valence-electron chi connectivity index (χ4n) is 1.55. The Balaban J connectivity index is 3.48. The highest BCUT2D eigenvalue weighted by Gasteiger charge is 2.32. The monoisotopic (exact) mass is 238 g/mol. The fourth-order valence-corrected chi connectivity index (χ4v) is 1.55. The van der Waals surface area contributed by atoms with Crippen molar-refractivity contribution in [2.75, 3.05) is 0 Å². The number of aryl methyl sites for hydroxylation is 1. The Morgan fingerprint density at radius 1 is 1.06 bits per heavy atom. The quantitative estimate of drug-likeness (QED) is 0.716. The second-order valence-corrected chi connectivity index (χ2v) is 4.57. The molecular weight excluding hydrogens is 224 g/mol. The number of alkyl halides is 4. The lowest BCUT2D eigenvalue weighted by Gasteiger charge is -2.22. The van der Waals surface area contributed by atoms with Crippen LogP contribution in [0.2, 0.25) is 0 Å². The molecule has 0 aromatic carbocycles. The van der Waals surface area contributed by atoms with E-state index < -0.39 is 29.6 Å². The minimum atomic E-state index is -2.95. The van der Waals surface area contributed by atoms with Gasteiger partial charge in [0.05, 0.1) is 16.8 Å². The molecule has 0 bridgehead atoms. The Morgan fingerprint density at radius 3 is 1.88 bits per heavy atom. The molecule has 0 atom stereocenters. The van der Waals surface area contributed by atoms with Gasteiger partial charge in [-0.3, -0.25) is 4.68 Å². The zero-order valence-electron chi connectivity index (χ0n) is 9.56. The summed E-state index contributed by atoms with van der Waals surface area (Å²) in [5, 5.41) is 3.78. The van der Waals surface area contributed by atoms with Gasteiger partial charge in [-0.25, -0.2) is 17.6 Å². The summed E-state index contributed by atoms with van der Waals surface area (Å²) in [6.07, 6.45) is -5.88. The lowest BCUT2D eigenvalue weighted by atomic mass is 10.1. The van der Waals surface area contributed by atoms with E-state index in [1.54, 1.807) is 20.8 Å². The van der Waals surface area contributed by atoms with E-state index in [1.807, 2.05) is 0 Å². The minimum Gasteiger partial charge on any atom is -0.258 e. The highest BCUT2D eigenvalue weighted by atomic mass is 19.3. The summed E-state index contributed by atoms with van der Waals surface area (Å²) in [5.74, 6) is 0. The summed E-state index contributed by atoms with van der Waals surface area (Å²) in [7, 11) is 0. The third kappa shape index (κ3) is 2.20. The summed E-state index contributed by atoms with van der Waals surface area (Å²) >= 11 is 0. The number of nitrogens with zero attached hydrogens (tertiary/aromatic N) is 2.